The van der Waals surface area contributed by atoms with Crippen molar-refractivity contribution in [3.8, 4) is 5.75 Å². The van der Waals surface area contributed by atoms with E-state index in [1.165, 1.54) is 13.1 Å². The van der Waals surface area contributed by atoms with Crippen molar-refractivity contribution in [1.82, 2.24) is 9.21 Å². The summed E-state index contributed by atoms with van der Waals surface area (Å²) < 4.78 is 32.3. The standard InChI is InChI=1S/C20H25ClN2O4S2/c1-14(16-6-7-16)23(12-15-4-8-17(27-3)9-5-15)19(24)13-22(2)29(25,26)20-11-10-18(21)28-20/h4-5,8-11,14,16H,6-7,12-13H2,1-3H3. The number of thiophene rings is 1. The maximum absolute atomic E-state index is 13.1. The van der Waals surface area contributed by atoms with Crippen LogP contribution in [-0.4, -0.2) is 50.3 Å². The molecule has 6 nitrogen and oxygen atoms in total. The monoisotopic (exact) mass is 456 g/mol. The van der Waals surface area contributed by atoms with Crippen LogP contribution in [0.5, 0.6) is 5.75 Å². The third-order valence-corrected chi connectivity index (χ3v) is 8.70. The first kappa shape index (κ1) is 22.1. The van der Waals surface area contributed by atoms with Crippen LogP contribution in [0.15, 0.2) is 40.6 Å². The van der Waals surface area contributed by atoms with E-state index in [1.807, 2.05) is 31.2 Å². The Morgan fingerprint density at radius 3 is 2.41 bits per heavy atom. The molecule has 29 heavy (non-hydrogen) atoms. The molecule has 158 valence electrons. The van der Waals surface area contributed by atoms with E-state index >= 15 is 0 Å². The molecule has 0 N–H and O–H groups in total. The number of ether oxygens (including phenoxy) is 1. The average Bonchev–Trinajstić information content (AvgIpc) is 3.46. The fraction of sp³-hybridized carbons (Fsp3) is 0.450. The molecule has 0 saturated heterocycles. The van der Waals surface area contributed by atoms with Gasteiger partial charge < -0.3 is 9.64 Å². The number of hydrogen-bond acceptors (Lipinski definition) is 5. The normalized spacial score (nSPS) is 15.3. The number of methoxy groups -OCH3 is 1. The summed E-state index contributed by atoms with van der Waals surface area (Å²) >= 11 is 6.86. The third kappa shape index (κ3) is 5.31. The first-order valence-electron chi connectivity index (χ1n) is 9.36. The Hall–Kier alpha value is -1.61. The van der Waals surface area contributed by atoms with Crippen LogP contribution < -0.4 is 4.74 Å². The summed E-state index contributed by atoms with van der Waals surface area (Å²) in [4.78, 5) is 14.9. The van der Waals surface area contributed by atoms with E-state index in [1.54, 1.807) is 18.1 Å². The van der Waals surface area contributed by atoms with E-state index in [-0.39, 0.29) is 22.7 Å². The molecule has 1 amide bonds. The summed E-state index contributed by atoms with van der Waals surface area (Å²) in [6.45, 7) is 2.25. The van der Waals surface area contributed by atoms with Gasteiger partial charge in [0, 0.05) is 19.6 Å². The van der Waals surface area contributed by atoms with E-state index in [9.17, 15) is 13.2 Å². The van der Waals surface area contributed by atoms with Gasteiger partial charge in [-0.05, 0) is 55.5 Å². The van der Waals surface area contributed by atoms with Crippen LogP contribution in [0.25, 0.3) is 0 Å². The highest BCUT2D eigenvalue weighted by Gasteiger charge is 2.35. The second-order valence-corrected chi connectivity index (χ2v) is 11.3. The molecule has 0 aliphatic heterocycles. The Bertz CT molecular complexity index is 955. The van der Waals surface area contributed by atoms with Crippen molar-refractivity contribution in [2.45, 2.75) is 36.6 Å². The van der Waals surface area contributed by atoms with Gasteiger partial charge in [0.1, 0.15) is 9.96 Å². The van der Waals surface area contributed by atoms with Gasteiger partial charge in [-0.15, -0.1) is 11.3 Å². The quantitative estimate of drug-likeness (QED) is 0.574. The summed E-state index contributed by atoms with van der Waals surface area (Å²) in [7, 11) is -0.723. The van der Waals surface area contributed by atoms with Crippen LogP contribution >= 0.6 is 22.9 Å². The Labute approximate surface area is 181 Å². The molecule has 1 aromatic carbocycles. The highest BCUT2D eigenvalue weighted by atomic mass is 35.5. The number of nitrogens with zero attached hydrogens (tertiary/aromatic N) is 2. The first-order valence-corrected chi connectivity index (χ1v) is 12.0. The predicted octanol–water partition coefficient (Wildman–Crippen LogP) is 3.86. The molecule has 1 fully saturated rings. The van der Waals surface area contributed by atoms with Gasteiger partial charge in [-0.2, -0.15) is 4.31 Å². The molecule has 1 unspecified atom stereocenters. The van der Waals surface area contributed by atoms with Crippen molar-refractivity contribution < 1.29 is 17.9 Å². The fourth-order valence-electron chi connectivity index (χ4n) is 3.18. The highest BCUT2D eigenvalue weighted by Crippen LogP contribution is 2.36. The zero-order valence-electron chi connectivity index (χ0n) is 16.7. The predicted molar refractivity (Wildman–Crippen MR) is 115 cm³/mol. The Balaban J connectivity index is 1.75. The maximum Gasteiger partial charge on any atom is 0.252 e. The van der Waals surface area contributed by atoms with Gasteiger partial charge in [0.2, 0.25) is 5.91 Å². The number of likely N-dealkylation sites (N-methyl/N-ethyl adjacent to an activating group) is 1. The fourth-order valence-corrected chi connectivity index (χ4v) is 5.99. The second-order valence-electron chi connectivity index (χ2n) is 7.27. The van der Waals surface area contributed by atoms with Gasteiger partial charge in [-0.1, -0.05) is 23.7 Å². The van der Waals surface area contributed by atoms with E-state index in [0.29, 0.717) is 16.8 Å². The maximum atomic E-state index is 13.1. The smallest absolute Gasteiger partial charge is 0.252 e. The van der Waals surface area contributed by atoms with E-state index in [4.69, 9.17) is 16.3 Å². The molecule has 9 heteroatoms. The number of hydrogen-bond donors (Lipinski definition) is 0. The van der Waals surface area contributed by atoms with Crippen molar-refractivity contribution in [2.75, 3.05) is 20.7 Å². The summed E-state index contributed by atoms with van der Waals surface area (Å²) in [6, 6.07) is 10.6. The van der Waals surface area contributed by atoms with Crippen molar-refractivity contribution in [2.24, 2.45) is 5.92 Å². The van der Waals surface area contributed by atoms with E-state index in [0.717, 1.165) is 39.8 Å². The Kier molecular flexibility index (Phi) is 6.88. The van der Waals surface area contributed by atoms with Crippen LogP contribution in [0.4, 0.5) is 0 Å². The molecule has 1 aromatic heterocycles. The Morgan fingerprint density at radius 2 is 1.90 bits per heavy atom. The summed E-state index contributed by atoms with van der Waals surface area (Å²) in [5.41, 5.74) is 0.974. The van der Waals surface area contributed by atoms with Crippen molar-refractivity contribution in [3.05, 3.63) is 46.3 Å². The lowest BCUT2D eigenvalue weighted by Crippen LogP contribution is -2.45. The minimum atomic E-state index is -3.76. The van der Waals surface area contributed by atoms with Gasteiger partial charge in [0.15, 0.2) is 0 Å². The molecule has 1 saturated carbocycles. The van der Waals surface area contributed by atoms with Crippen LogP contribution in [0.2, 0.25) is 4.34 Å². The lowest BCUT2D eigenvalue weighted by molar-refractivity contribution is -0.134. The molecule has 3 rings (SSSR count). The lowest BCUT2D eigenvalue weighted by atomic mass is 10.1. The van der Waals surface area contributed by atoms with Crippen LogP contribution in [-0.2, 0) is 21.4 Å². The molecule has 0 radical (unpaired) electrons. The molecular weight excluding hydrogens is 432 g/mol. The summed E-state index contributed by atoms with van der Waals surface area (Å²) in [6.07, 6.45) is 2.19. The Morgan fingerprint density at radius 1 is 1.24 bits per heavy atom. The summed E-state index contributed by atoms with van der Waals surface area (Å²) in [5, 5.41) is 0. The SMILES string of the molecule is COc1ccc(CN(C(=O)CN(C)S(=O)(=O)c2ccc(Cl)s2)C(C)C2CC2)cc1. The lowest BCUT2D eigenvalue weighted by Gasteiger charge is -2.31. The van der Waals surface area contributed by atoms with Crippen molar-refractivity contribution in [3.63, 3.8) is 0 Å². The topological polar surface area (TPSA) is 66.9 Å². The molecular formula is C20H25ClN2O4S2. The van der Waals surface area contributed by atoms with E-state index < -0.39 is 10.0 Å². The molecule has 2 aromatic rings. The number of rotatable bonds is 9. The number of sulfonamides is 1. The zero-order chi connectivity index (χ0) is 21.2. The van der Waals surface area contributed by atoms with Gasteiger partial charge >= 0.3 is 0 Å². The first-order chi connectivity index (χ1) is 13.7. The van der Waals surface area contributed by atoms with Crippen molar-refractivity contribution in [1.29, 1.82) is 0 Å². The van der Waals surface area contributed by atoms with Gasteiger partial charge in [0.25, 0.3) is 10.0 Å². The third-order valence-electron chi connectivity index (χ3n) is 5.20. The van der Waals surface area contributed by atoms with Gasteiger partial charge in [-0.25, -0.2) is 8.42 Å². The van der Waals surface area contributed by atoms with E-state index in [2.05, 4.69) is 0 Å². The molecule has 1 heterocycles. The number of amides is 1. The molecule has 1 aliphatic carbocycles. The average molecular weight is 457 g/mol. The number of halogens is 1. The number of carbonyl (C=O) groups is 1. The van der Waals surface area contributed by atoms with Crippen molar-refractivity contribution >= 4 is 38.9 Å². The molecule has 1 aliphatic rings. The number of carbonyl (C=O) groups excluding carboxylic acids is 1. The highest BCUT2D eigenvalue weighted by molar-refractivity contribution is 7.91. The summed E-state index contributed by atoms with van der Waals surface area (Å²) in [5.74, 6) is 1.01. The van der Waals surface area contributed by atoms with Crippen LogP contribution in [0.1, 0.15) is 25.3 Å². The van der Waals surface area contributed by atoms with Gasteiger partial charge in [-0.3, -0.25) is 4.79 Å². The van der Waals surface area contributed by atoms with Crippen LogP contribution in [0.3, 0.4) is 0 Å². The minimum absolute atomic E-state index is 0.0527. The molecule has 0 bridgehead atoms. The molecule has 1 atom stereocenters. The molecule has 0 spiro atoms. The van der Waals surface area contributed by atoms with Gasteiger partial charge in [0.05, 0.1) is 18.0 Å². The largest absolute Gasteiger partial charge is 0.497 e. The minimum Gasteiger partial charge on any atom is -0.497 e. The zero-order valence-corrected chi connectivity index (χ0v) is 19.1. The number of benzene rings is 1. The van der Waals surface area contributed by atoms with Crippen LogP contribution in [0, 0.1) is 5.92 Å². The second kappa shape index (κ2) is 9.04.